The number of methoxy groups -OCH3 is 1. The monoisotopic (exact) mass is 479 g/mol. The molecule has 2 aromatic heterocycles. The summed E-state index contributed by atoms with van der Waals surface area (Å²) < 4.78 is 11.7. The molecule has 34 heavy (non-hydrogen) atoms. The van der Waals surface area contributed by atoms with E-state index in [0.29, 0.717) is 39.9 Å². The first-order chi connectivity index (χ1) is 16.5. The fraction of sp³-hybridized carbons (Fsp3) is 0.174. The third kappa shape index (κ3) is 4.79. The van der Waals surface area contributed by atoms with Crippen LogP contribution in [0.4, 0.5) is 5.69 Å². The molecule has 174 valence electrons. The molecule has 0 bridgehead atoms. The van der Waals surface area contributed by atoms with E-state index in [-0.39, 0.29) is 22.8 Å². The van der Waals surface area contributed by atoms with E-state index in [2.05, 4.69) is 20.5 Å². The molecular weight excluding hydrogens is 458 g/mol. The van der Waals surface area contributed by atoms with Gasteiger partial charge in [-0.2, -0.15) is 5.10 Å². The molecule has 0 unspecified atom stereocenters. The lowest BCUT2D eigenvalue weighted by molar-refractivity contribution is -0.113. The van der Waals surface area contributed by atoms with E-state index in [0.717, 1.165) is 11.8 Å². The number of amides is 1. The zero-order valence-corrected chi connectivity index (χ0v) is 19.2. The number of para-hydroxylation sites is 1. The predicted octanol–water partition coefficient (Wildman–Crippen LogP) is 3.02. The maximum Gasteiger partial charge on any atom is 0.339 e. The number of nitrogens with one attached hydrogen (secondary N) is 2. The highest BCUT2D eigenvalue weighted by molar-refractivity contribution is 7.99. The first kappa shape index (κ1) is 23.1. The number of aromatic amines is 1. The van der Waals surface area contributed by atoms with Crippen LogP contribution in [0.2, 0.25) is 0 Å². The Kier molecular flexibility index (Phi) is 6.93. The first-order valence-electron chi connectivity index (χ1n) is 10.3. The van der Waals surface area contributed by atoms with Crippen molar-refractivity contribution >= 4 is 40.4 Å². The summed E-state index contributed by atoms with van der Waals surface area (Å²) in [6, 6.07) is 13.6. The summed E-state index contributed by atoms with van der Waals surface area (Å²) in [7, 11) is 1.27. The van der Waals surface area contributed by atoms with Gasteiger partial charge in [-0.05, 0) is 43.3 Å². The van der Waals surface area contributed by atoms with Gasteiger partial charge >= 0.3 is 5.97 Å². The number of carbonyl (C=O) groups excluding carboxylic acids is 2. The van der Waals surface area contributed by atoms with Gasteiger partial charge < -0.3 is 14.8 Å². The molecule has 0 aliphatic heterocycles. The summed E-state index contributed by atoms with van der Waals surface area (Å²) in [6.07, 6.45) is 1.42. The zero-order valence-electron chi connectivity index (χ0n) is 18.4. The average Bonchev–Trinajstić information content (AvgIpc) is 3.33. The number of rotatable bonds is 8. The number of thioether (sulfide) groups is 1. The van der Waals surface area contributed by atoms with E-state index in [1.807, 2.05) is 6.92 Å². The molecular formula is C23H21N5O5S. The molecule has 0 aliphatic rings. The van der Waals surface area contributed by atoms with Crippen molar-refractivity contribution in [3.63, 3.8) is 0 Å². The Labute approximate surface area is 198 Å². The summed E-state index contributed by atoms with van der Waals surface area (Å²) in [4.78, 5) is 42.3. The van der Waals surface area contributed by atoms with Crippen LogP contribution in [0.3, 0.4) is 0 Å². The molecule has 0 spiro atoms. The van der Waals surface area contributed by atoms with Crippen molar-refractivity contribution in [1.82, 2.24) is 19.7 Å². The largest absolute Gasteiger partial charge is 0.494 e. The number of anilines is 1. The number of fused-ring (bicyclic) bond motifs is 1. The van der Waals surface area contributed by atoms with E-state index in [1.165, 1.54) is 17.9 Å². The highest BCUT2D eigenvalue weighted by Crippen LogP contribution is 2.23. The molecule has 0 fully saturated rings. The summed E-state index contributed by atoms with van der Waals surface area (Å²) in [5.74, 6) is -0.314. The fourth-order valence-electron chi connectivity index (χ4n) is 3.25. The second-order valence-corrected chi connectivity index (χ2v) is 7.91. The van der Waals surface area contributed by atoms with Crippen LogP contribution in [0.1, 0.15) is 17.3 Å². The van der Waals surface area contributed by atoms with E-state index in [4.69, 9.17) is 9.47 Å². The molecule has 4 rings (SSSR count). The fourth-order valence-corrected chi connectivity index (χ4v) is 4.06. The van der Waals surface area contributed by atoms with Crippen molar-refractivity contribution in [1.29, 1.82) is 0 Å². The average molecular weight is 480 g/mol. The summed E-state index contributed by atoms with van der Waals surface area (Å²) in [6.45, 7) is 2.41. The van der Waals surface area contributed by atoms with Crippen molar-refractivity contribution in [2.24, 2.45) is 0 Å². The second-order valence-electron chi connectivity index (χ2n) is 6.97. The number of hydrogen-bond donors (Lipinski definition) is 2. The molecule has 0 saturated carbocycles. The topological polar surface area (TPSA) is 128 Å². The number of esters is 1. The molecule has 11 heteroatoms. The Balaban J connectivity index is 1.61. The smallest absolute Gasteiger partial charge is 0.339 e. The zero-order chi connectivity index (χ0) is 24.1. The molecule has 2 aromatic carbocycles. The lowest BCUT2D eigenvalue weighted by Gasteiger charge is -2.13. The third-order valence-corrected chi connectivity index (χ3v) is 5.73. The van der Waals surface area contributed by atoms with Crippen LogP contribution in [-0.4, -0.2) is 51.1 Å². The van der Waals surface area contributed by atoms with Gasteiger partial charge in [0.1, 0.15) is 11.1 Å². The Morgan fingerprint density at radius 2 is 1.91 bits per heavy atom. The molecule has 0 saturated heterocycles. The third-order valence-electron chi connectivity index (χ3n) is 4.80. The highest BCUT2D eigenvalue weighted by atomic mass is 32.2. The SMILES string of the molecule is CCOc1ccc(-n2c(SCC(=O)Nc3ccccc3C(=O)OC)nc3[nH]ncc3c2=O)cc1. The van der Waals surface area contributed by atoms with Crippen LogP contribution in [0.5, 0.6) is 5.75 Å². The maximum atomic E-state index is 13.2. The Hall–Kier alpha value is -4.12. The number of benzene rings is 2. The van der Waals surface area contributed by atoms with E-state index >= 15 is 0 Å². The van der Waals surface area contributed by atoms with Gasteiger partial charge in [0.15, 0.2) is 10.8 Å². The molecule has 4 aromatic rings. The van der Waals surface area contributed by atoms with Crippen molar-refractivity contribution in [3.8, 4) is 11.4 Å². The number of H-pyrrole nitrogens is 1. The van der Waals surface area contributed by atoms with Crippen LogP contribution in [0.25, 0.3) is 16.7 Å². The van der Waals surface area contributed by atoms with Gasteiger partial charge in [0, 0.05) is 0 Å². The highest BCUT2D eigenvalue weighted by Gasteiger charge is 2.18. The van der Waals surface area contributed by atoms with Crippen molar-refractivity contribution < 1.29 is 19.1 Å². The minimum atomic E-state index is -0.556. The summed E-state index contributed by atoms with van der Waals surface area (Å²) in [5, 5.41) is 9.96. The van der Waals surface area contributed by atoms with Crippen LogP contribution in [0, 0.1) is 0 Å². The van der Waals surface area contributed by atoms with Gasteiger partial charge in [-0.3, -0.25) is 19.3 Å². The van der Waals surface area contributed by atoms with Crippen molar-refractivity contribution in [2.75, 3.05) is 24.8 Å². The van der Waals surface area contributed by atoms with Gasteiger partial charge in [0.2, 0.25) is 5.91 Å². The van der Waals surface area contributed by atoms with Crippen LogP contribution >= 0.6 is 11.8 Å². The predicted molar refractivity (Wildman–Crippen MR) is 128 cm³/mol. The van der Waals surface area contributed by atoms with Crippen molar-refractivity contribution in [2.45, 2.75) is 12.1 Å². The Morgan fingerprint density at radius 3 is 2.65 bits per heavy atom. The second kappa shape index (κ2) is 10.2. The van der Waals surface area contributed by atoms with Crippen LogP contribution < -0.4 is 15.6 Å². The van der Waals surface area contributed by atoms with E-state index < -0.39 is 5.97 Å². The maximum absolute atomic E-state index is 13.2. The molecule has 0 radical (unpaired) electrons. The van der Waals surface area contributed by atoms with E-state index in [1.54, 1.807) is 48.5 Å². The van der Waals surface area contributed by atoms with Gasteiger partial charge in [0.05, 0.1) is 42.6 Å². The number of aromatic nitrogens is 4. The van der Waals surface area contributed by atoms with Crippen molar-refractivity contribution in [3.05, 3.63) is 70.6 Å². The summed E-state index contributed by atoms with van der Waals surface area (Å²) in [5.41, 5.74) is 1.16. The quantitative estimate of drug-likeness (QED) is 0.224. The molecule has 10 nitrogen and oxygen atoms in total. The molecule has 0 aliphatic carbocycles. The van der Waals surface area contributed by atoms with E-state index in [9.17, 15) is 14.4 Å². The number of nitrogens with zero attached hydrogens (tertiary/aromatic N) is 3. The molecule has 1 amide bonds. The molecule has 2 heterocycles. The first-order valence-corrected chi connectivity index (χ1v) is 11.3. The van der Waals surface area contributed by atoms with Gasteiger partial charge in [-0.1, -0.05) is 23.9 Å². The molecule has 0 atom stereocenters. The number of hydrogen-bond acceptors (Lipinski definition) is 8. The molecule has 2 N–H and O–H groups in total. The minimum absolute atomic E-state index is 0.0569. The normalized spacial score (nSPS) is 10.8. The standard InChI is InChI=1S/C23H21N5O5S/c1-3-33-15-10-8-14(9-11-15)28-21(30)17-12-24-27-20(17)26-23(28)34-13-19(29)25-18-7-5-4-6-16(18)22(31)32-2/h4-12H,3,13H2,1-2H3,(H,24,27)(H,25,29). The van der Waals surface area contributed by atoms with Gasteiger partial charge in [-0.25, -0.2) is 9.78 Å². The number of carbonyl (C=O) groups is 2. The minimum Gasteiger partial charge on any atom is -0.494 e. The van der Waals surface area contributed by atoms with Crippen LogP contribution in [-0.2, 0) is 9.53 Å². The lowest BCUT2D eigenvalue weighted by atomic mass is 10.2. The van der Waals surface area contributed by atoms with Gasteiger partial charge in [0.25, 0.3) is 5.56 Å². The summed E-state index contributed by atoms with van der Waals surface area (Å²) >= 11 is 1.08. The number of ether oxygens (including phenoxy) is 2. The Bertz CT molecular complexity index is 1400. The van der Waals surface area contributed by atoms with Gasteiger partial charge in [-0.15, -0.1) is 0 Å². The Morgan fingerprint density at radius 1 is 1.15 bits per heavy atom. The van der Waals surface area contributed by atoms with Crippen LogP contribution in [0.15, 0.2) is 64.7 Å². The lowest BCUT2D eigenvalue weighted by Crippen LogP contribution is -2.23.